The molecule has 0 aliphatic rings. The molecule has 31 heavy (non-hydrogen) atoms. The standard InChI is InChI=1S/C24H25N5O2/c1-16(19-10-6-4-7-11-19)14-25-21(30)15-28-24(31)23-22(17(2)26-28)18(3)29(27-23)20-12-8-5-9-13-20/h4-13,16H,14-15H2,1-3H3,(H,25,30)/t16-/m1/s1. The average Bonchev–Trinajstić information content (AvgIpc) is 3.14. The van der Waals surface area contributed by atoms with Crippen LogP contribution in [-0.2, 0) is 11.3 Å². The number of para-hydroxylation sites is 1. The minimum Gasteiger partial charge on any atom is -0.354 e. The van der Waals surface area contributed by atoms with Crippen LogP contribution in [0.5, 0.6) is 0 Å². The van der Waals surface area contributed by atoms with Crippen molar-refractivity contribution < 1.29 is 4.79 Å². The molecule has 0 spiro atoms. The van der Waals surface area contributed by atoms with Crippen LogP contribution in [0.3, 0.4) is 0 Å². The van der Waals surface area contributed by atoms with Gasteiger partial charge in [-0.2, -0.15) is 10.2 Å². The van der Waals surface area contributed by atoms with Gasteiger partial charge in [-0.3, -0.25) is 9.59 Å². The van der Waals surface area contributed by atoms with Crippen molar-refractivity contribution in [3.05, 3.63) is 88.0 Å². The van der Waals surface area contributed by atoms with Crippen LogP contribution in [0.2, 0.25) is 0 Å². The minimum absolute atomic E-state index is 0.144. The molecule has 0 saturated carbocycles. The van der Waals surface area contributed by atoms with E-state index in [1.165, 1.54) is 4.68 Å². The van der Waals surface area contributed by atoms with Crippen molar-refractivity contribution >= 4 is 16.8 Å². The van der Waals surface area contributed by atoms with Crippen LogP contribution in [0.4, 0.5) is 0 Å². The van der Waals surface area contributed by atoms with Gasteiger partial charge in [0.1, 0.15) is 6.54 Å². The van der Waals surface area contributed by atoms with Crippen LogP contribution in [0.1, 0.15) is 29.8 Å². The minimum atomic E-state index is -0.371. The zero-order valence-electron chi connectivity index (χ0n) is 17.9. The number of aryl methyl sites for hydroxylation is 2. The maximum Gasteiger partial charge on any atom is 0.295 e. The van der Waals surface area contributed by atoms with E-state index in [0.717, 1.165) is 22.3 Å². The van der Waals surface area contributed by atoms with E-state index in [1.807, 2.05) is 74.5 Å². The summed E-state index contributed by atoms with van der Waals surface area (Å²) in [6.07, 6.45) is 0. The molecule has 158 valence electrons. The quantitative estimate of drug-likeness (QED) is 0.525. The van der Waals surface area contributed by atoms with E-state index < -0.39 is 0 Å². The maximum absolute atomic E-state index is 13.0. The summed E-state index contributed by atoms with van der Waals surface area (Å²) in [5, 5.41) is 12.5. The van der Waals surface area contributed by atoms with Crippen LogP contribution in [0.25, 0.3) is 16.6 Å². The zero-order valence-corrected chi connectivity index (χ0v) is 17.9. The molecule has 7 nitrogen and oxygen atoms in total. The van der Waals surface area contributed by atoms with Crippen LogP contribution < -0.4 is 10.9 Å². The van der Waals surface area contributed by atoms with Crippen molar-refractivity contribution in [3.8, 4) is 5.69 Å². The molecule has 1 N–H and O–H groups in total. The molecule has 0 bridgehead atoms. The summed E-state index contributed by atoms with van der Waals surface area (Å²) in [6, 6.07) is 19.6. The lowest BCUT2D eigenvalue weighted by Crippen LogP contribution is -2.35. The van der Waals surface area contributed by atoms with Gasteiger partial charge in [-0.25, -0.2) is 9.36 Å². The normalized spacial score (nSPS) is 12.1. The Kier molecular flexibility index (Phi) is 5.66. The molecule has 4 aromatic rings. The van der Waals surface area contributed by atoms with E-state index in [-0.39, 0.29) is 23.9 Å². The first kappa shape index (κ1) is 20.5. The van der Waals surface area contributed by atoms with E-state index >= 15 is 0 Å². The van der Waals surface area contributed by atoms with Crippen LogP contribution in [-0.4, -0.2) is 32.0 Å². The highest BCUT2D eigenvalue weighted by Crippen LogP contribution is 2.20. The van der Waals surface area contributed by atoms with Gasteiger partial charge in [-0.1, -0.05) is 55.5 Å². The van der Waals surface area contributed by atoms with Crippen molar-refractivity contribution in [2.45, 2.75) is 33.2 Å². The highest BCUT2D eigenvalue weighted by atomic mass is 16.2. The van der Waals surface area contributed by atoms with E-state index in [0.29, 0.717) is 17.8 Å². The lowest BCUT2D eigenvalue weighted by atomic mass is 10.0. The van der Waals surface area contributed by atoms with Gasteiger partial charge in [-0.15, -0.1) is 0 Å². The van der Waals surface area contributed by atoms with Crippen molar-refractivity contribution in [2.75, 3.05) is 6.54 Å². The van der Waals surface area contributed by atoms with Gasteiger partial charge in [0.2, 0.25) is 5.91 Å². The van der Waals surface area contributed by atoms with Crippen LogP contribution in [0.15, 0.2) is 65.5 Å². The number of hydrogen-bond donors (Lipinski definition) is 1. The molecule has 0 unspecified atom stereocenters. The summed E-state index contributed by atoms with van der Waals surface area (Å²) in [6.45, 7) is 6.14. The second-order valence-electron chi connectivity index (χ2n) is 7.72. The molecule has 2 aromatic heterocycles. The lowest BCUT2D eigenvalue weighted by molar-refractivity contribution is -0.121. The third-order valence-electron chi connectivity index (χ3n) is 5.45. The molecule has 0 radical (unpaired) electrons. The van der Waals surface area contributed by atoms with Gasteiger partial charge >= 0.3 is 0 Å². The van der Waals surface area contributed by atoms with Crippen LogP contribution >= 0.6 is 0 Å². The van der Waals surface area contributed by atoms with Crippen molar-refractivity contribution in [3.63, 3.8) is 0 Å². The number of hydrogen-bond acceptors (Lipinski definition) is 4. The van der Waals surface area contributed by atoms with Crippen LogP contribution in [0, 0.1) is 13.8 Å². The highest BCUT2D eigenvalue weighted by Gasteiger charge is 2.18. The predicted octanol–water partition coefficient (Wildman–Crippen LogP) is 3.12. The Balaban J connectivity index is 1.56. The number of nitrogens with zero attached hydrogens (tertiary/aromatic N) is 4. The van der Waals surface area contributed by atoms with Gasteiger partial charge in [0.25, 0.3) is 5.56 Å². The molecular formula is C24H25N5O2. The molecule has 1 atom stereocenters. The van der Waals surface area contributed by atoms with Crippen molar-refractivity contribution in [1.29, 1.82) is 0 Å². The third kappa shape index (κ3) is 4.12. The molecule has 2 heterocycles. The Morgan fingerprint density at radius 2 is 1.65 bits per heavy atom. The first-order valence-corrected chi connectivity index (χ1v) is 10.3. The Hall–Kier alpha value is -3.74. The Morgan fingerprint density at radius 1 is 1.00 bits per heavy atom. The second kappa shape index (κ2) is 8.55. The number of rotatable bonds is 6. The van der Waals surface area contributed by atoms with Gasteiger partial charge < -0.3 is 5.32 Å². The fourth-order valence-corrected chi connectivity index (χ4v) is 3.77. The number of benzene rings is 2. The number of amides is 1. The van der Waals surface area contributed by atoms with E-state index in [9.17, 15) is 9.59 Å². The topological polar surface area (TPSA) is 81.8 Å². The highest BCUT2D eigenvalue weighted by molar-refractivity contribution is 5.83. The molecule has 7 heteroatoms. The molecule has 0 fully saturated rings. The van der Waals surface area contributed by atoms with Crippen molar-refractivity contribution in [1.82, 2.24) is 24.9 Å². The Bertz CT molecular complexity index is 1280. The maximum atomic E-state index is 13.0. The fourth-order valence-electron chi connectivity index (χ4n) is 3.77. The third-order valence-corrected chi connectivity index (χ3v) is 5.45. The smallest absolute Gasteiger partial charge is 0.295 e. The Labute approximate surface area is 180 Å². The molecule has 1 amide bonds. The molecule has 0 aliphatic heterocycles. The first-order valence-electron chi connectivity index (χ1n) is 10.3. The average molecular weight is 415 g/mol. The number of carbonyl (C=O) groups excluding carboxylic acids is 1. The summed E-state index contributed by atoms with van der Waals surface area (Å²) in [5.74, 6) is -0.0846. The van der Waals surface area contributed by atoms with E-state index in [1.54, 1.807) is 4.68 Å². The first-order chi connectivity index (χ1) is 15.0. The van der Waals surface area contributed by atoms with Gasteiger partial charge in [0.15, 0.2) is 5.52 Å². The molecule has 2 aromatic carbocycles. The second-order valence-corrected chi connectivity index (χ2v) is 7.72. The fraction of sp³-hybridized carbons (Fsp3) is 0.250. The number of aromatic nitrogens is 4. The number of nitrogens with one attached hydrogen (secondary N) is 1. The summed E-state index contributed by atoms with van der Waals surface area (Å²) in [7, 11) is 0. The Morgan fingerprint density at radius 3 is 2.32 bits per heavy atom. The summed E-state index contributed by atoms with van der Waals surface area (Å²) >= 11 is 0. The molecule has 0 saturated heterocycles. The summed E-state index contributed by atoms with van der Waals surface area (Å²) in [5.41, 5.74) is 3.48. The van der Waals surface area contributed by atoms with Gasteiger partial charge in [0.05, 0.1) is 22.5 Å². The SMILES string of the molecule is Cc1nn(CC(=O)NC[C@@H](C)c2ccccc2)c(=O)c2nn(-c3ccccc3)c(C)c12. The lowest BCUT2D eigenvalue weighted by Gasteiger charge is -2.13. The number of carbonyl (C=O) groups is 1. The van der Waals surface area contributed by atoms with Crippen molar-refractivity contribution in [2.24, 2.45) is 0 Å². The van der Waals surface area contributed by atoms with Gasteiger partial charge in [-0.05, 0) is 37.5 Å². The largest absolute Gasteiger partial charge is 0.354 e. The summed E-state index contributed by atoms with van der Waals surface area (Å²) < 4.78 is 2.94. The van der Waals surface area contributed by atoms with Gasteiger partial charge in [0, 0.05) is 6.54 Å². The molecule has 0 aliphatic carbocycles. The molecule has 4 rings (SSSR count). The summed E-state index contributed by atoms with van der Waals surface area (Å²) in [4.78, 5) is 25.5. The monoisotopic (exact) mass is 415 g/mol. The zero-order chi connectivity index (χ0) is 22.0. The molecular weight excluding hydrogens is 390 g/mol. The van der Waals surface area contributed by atoms with E-state index in [4.69, 9.17) is 0 Å². The predicted molar refractivity (Wildman–Crippen MR) is 120 cm³/mol. The number of fused-ring (bicyclic) bond motifs is 1. The van der Waals surface area contributed by atoms with E-state index in [2.05, 4.69) is 22.4 Å².